The number of para-hydroxylation sites is 2. The van der Waals surface area contributed by atoms with Crippen molar-refractivity contribution in [2.75, 3.05) is 90.7 Å². The van der Waals surface area contributed by atoms with Gasteiger partial charge in [-0.15, -0.1) is 0 Å². The van der Waals surface area contributed by atoms with Gasteiger partial charge in [0.15, 0.2) is 0 Å². The lowest BCUT2D eigenvalue weighted by atomic mass is 9.90. The van der Waals surface area contributed by atoms with Crippen molar-refractivity contribution in [3.05, 3.63) is 105 Å². The Balaban J connectivity index is 1.72. The molecule has 0 fully saturated rings. The Morgan fingerprint density at radius 1 is 0.370 bits per heavy atom. The van der Waals surface area contributed by atoms with Crippen LogP contribution in [0.2, 0.25) is 0 Å². The summed E-state index contributed by atoms with van der Waals surface area (Å²) < 4.78 is 49.1. The summed E-state index contributed by atoms with van der Waals surface area (Å²) in [6.07, 6.45) is 2.10. The minimum Gasteiger partial charge on any atom is -0.491 e. The summed E-state index contributed by atoms with van der Waals surface area (Å²) >= 11 is 0. The number of ether oxygens (including phenoxy) is 8. The standard InChI is InChI=1S/C44H58N2O8/c1-5-47-15-19-51-41-31-11-9-13-33(41)24-35-27-39(45)29-37(43(35)53-21-17-49-7-3)26-38-30-40(46)28-36(44(38)54-22-18-50-8-4)25-34-14-10-12-32(23-31)42(34)52-20-16-48-6-2/h9-14,27-30H,5-8,15-26,45-46H2,1-4H3. The fourth-order valence-corrected chi connectivity index (χ4v) is 6.87. The largest absolute Gasteiger partial charge is 0.491 e. The molecule has 54 heavy (non-hydrogen) atoms. The molecule has 0 saturated heterocycles. The minimum atomic E-state index is 0.385. The van der Waals surface area contributed by atoms with Crippen LogP contribution in [0.5, 0.6) is 23.0 Å². The van der Waals surface area contributed by atoms with Crippen LogP contribution in [0.15, 0.2) is 60.7 Å². The van der Waals surface area contributed by atoms with Crippen LogP contribution in [-0.4, -0.2) is 79.3 Å². The van der Waals surface area contributed by atoms with Crippen molar-refractivity contribution in [3.63, 3.8) is 0 Å². The van der Waals surface area contributed by atoms with Gasteiger partial charge in [-0.2, -0.15) is 0 Å². The van der Waals surface area contributed by atoms with Crippen molar-refractivity contribution in [1.29, 1.82) is 0 Å². The van der Waals surface area contributed by atoms with E-state index in [1.807, 2.05) is 52.0 Å². The van der Waals surface area contributed by atoms with Crippen LogP contribution in [0.3, 0.4) is 0 Å². The van der Waals surface area contributed by atoms with Gasteiger partial charge in [-0.3, -0.25) is 0 Å². The molecule has 0 atom stereocenters. The zero-order valence-corrected chi connectivity index (χ0v) is 32.5. The Bertz CT molecular complexity index is 1650. The second-order valence-electron chi connectivity index (χ2n) is 13.0. The van der Waals surface area contributed by atoms with Crippen LogP contribution >= 0.6 is 0 Å². The lowest BCUT2D eigenvalue weighted by molar-refractivity contribution is 0.108. The molecule has 292 valence electrons. The number of nitrogen functional groups attached to an aromatic ring is 2. The van der Waals surface area contributed by atoms with E-state index >= 15 is 0 Å². The first-order valence-corrected chi connectivity index (χ1v) is 19.3. The smallest absolute Gasteiger partial charge is 0.126 e. The minimum absolute atomic E-state index is 0.385. The molecule has 0 spiro atoms. The van der Waals surface area contributed by atoms with E-state index in [0.29, 0.717) is 116 Å². The van der Waals surface area contributed by atoms with Gasteiger partial charge in [-0.05, 0) is 74.2 Å². The summed E-state index contributed by atoms with van der Waals surface area (Å²) in [6.45, 7) is 13.9. The third kappa shape index (κ3) is 11.3. The lowest BCUT2D eigenvalue weighted by Crippen LogP contribution is -2.14. The average molecular weight is 743 g/mol. The van der Waals surface area contributed by atoms with Gasteiger partial charge in [0.1, 0.15) is 49.4 Å². The van der Waals surface area contributed by atoms with E-state index < -0.39 is 0 Å². The molecule has 8 bridgehead atoms. The van der Waals surface area contributed by atoms with Crippen molar-refractivity contribution in [2.45, 2.75) is 53.4 Å². The predicted octanol–water partition coefficient (Wildman–Crippen LogP) is 7.19. The molecule has 1 aliphatic rings. The van der Waals surface area contributed by atoms with E-state index in [9.17, 15) is 0 Å². The second kappa shape index (κ2) is 21.4. The van der Waals surface area contributed by atoms with E-state index in [-0.39, 0.29) is 0 Å². The van der Waals surface area contributed by atoms with Gasteiger partial charge in [-0.1, -0.05) is 36.4 Å². The molecule has 4 aromatic rings. The maximum atomic E-state index is 6.68. The maximum Gasteiger partial charge on any atom is 0.126 e. The molecule has 0 radical (unpaired) electrons. The average Bonchev–Trinajstić information content (AvgIpc) is 3.15. The number of hydrogen-bond donors (Lipinski definition) is 2. The van der Waals surface area contributed by atoms with E-state index in [2.05, 4.69) is 36.4 Å². The number of benzene rings is 4. The molecule has 0 heterocycles. The Morgan fingerprint density at radius 3 is 0.889 bits per heavy atom. The number of fused-ring (bicyclic) bond motifs is 8. The maximum absolute atomic E-state index is 6.68. The molecule has 0 saturated carbocycles. The van der Waals surface area contributed by atoms with Crippen molar-refractivity contribution >= 4 is 11.4 Å². The number of nitrogens with two attached hydrogens (primary N) is 2. The fraction of sp³-hybridized carbons (Fsp3) is 0.455. The Hall–Kier alpha value is -4.48. The molecule has 0 aliphatic heterocycles. The van der Waals surface area contributed by atoms with Gasteiger partial charge >= 0.3 is 0 Å². The van der Waals surface area contributed by atoms with Gasteiger partial charge in [0.05, 0.1) is 26.4 Å². The van der Waals surface area contributed by atoms with Crippen molar-refractivity contribution in [3.8, 4) is 23.0 Å². The lowest BCUT2D eigenvalue weighted by Gasteiger charge is -2.23. The second-order valence-corrected chi connectivity index (χ2v) is 13.0. The van der Waals surface area contributed by atoms with Gasteiger partial charge in [0.25, 0.3) is 0 Å². The van der Waals surface area contributed by atoms with Crippen molar-refractivity contribution in [2.24, 2.45) is 0 Å². The van der Waals surface area contributed by atoms with Gasteiger partial charge in [0, 0.05) is 85.7 Å². The normalized spacial score (nSPS) is 12.4. The van der Waals surface area contributed by atoms with Crippen LogP contribution in [-0.2, 0) is 44.6 Å². The van der Waals surface area contributed by atoms with Crippen LogP contribution in [0.4, 0.5) is 11.4 Å². The summed E-state index contributed by atoms with van der Waals surface area (Å²) in [4.78, 5) is 0. The first-order chi connectivity index (χ1) is 26.4. The number of hydrogen-bond acceptors (Lipinski definition) is 10. The molecule has 0 unspecified atom stereocenters. The quantitative estimate of drug-likeness (QED) is 0.0626. The summed E-state index contributed by atoms with van der Waals surface area (Å²) in [5.41, 5.74) is 22.5. The van der Waals surface area contributed by atoms with Crippen LogP contribution in [0.1, 0.15) is 72.2 Å². The van der Waals surface area contributed by atoms with Crippen molar-refractivity contribution in [1.82, 2.24) is 0 Å². The zero-order chi connectivity index (χ0) is 38.1. The number of anilines is 2. The van der Waals surface area contributed by atoms with E-state index in [1.54, 1.807) is 0 Å². The highest BCUT2D eigenvalue weighted by atomic mass is 16.5. The van der Waals surface area contributed by atoms with Crippen molar-refractivity contribution < 1.29 is 37.9 Å². The molecule has 4 N–H and O–H groups in total. The van der Waals surface area contributed by atoms with E-state index in [0.717, 1.165) is 67.5 Å². The first-order valence-electron chi connectivity index (χ1n) is 19.3. The Morgan fingerprint density at radius 2 is 0.611 bits per heavy atom. The third-order valence-corrected chi connectivity index (χ3v) is 9.12. The van der Waals surface area contributed by atoms with Crippen LogP contribution < -0.4 is 30.4 Å². The Kier molecular flexibility index (Phi) is 16.1. The van der Waals surface area contributed by atoms with Crippen LogP contribution in [0, 0.1) is 0 Å². The topological polar surface area (TPSA) is 126 Å². The van der Waals surface area contributed by atoms with Gasteiger partial charge < -0.3 is 49.4 Å². The molecule has 0 amide bonds. The molecule has 10 heteroatoms. The summed E-state index contributed by atoms with van der Waals surface area (Å²) in [6, 6.07) is 20.6. The predicted molar refractivity (Wildman–Crippen MR) is 214 cm³/mol. The third-order valence-electron chi connectivity index (χ3n) is 9.12. The summed E-state index contributed by atoms with van der Waals surface area (Å²) in [5, 5.41) is 0. The summed E-state index contributed by atoms with van der Waals surface area (Å²) in [5.74, 6) is 3.17. The Labute approximate surface area is 320 Å². The first kappa shape index (κ1) is 40.7. The monoisotopic (exact) mass is 742 g/mol. The fourth-order valence-electron chi connectivity index (χ4n) is 6.87. The summed E-state index contributed by atoms with van der Waals surface area (Å²) in [7, 11) is 0. The highest BCUT2D eigenvalue weighted by Crippen LogP contribution is 2.40. The molecular formula is C44H58N2O8. The van der Waals surface area contributed by atoms with E-state index in [4.69, 9.17) is 49.4 Å². The molecule has 5 rings (SSSR count). The highest BCUT2D eigenvalue weighted by molar-refractivity contribution is 5.62. The molecular weight excluding hydrogens is 684 g/mol. The zero-order valence-electron chi connectivity index (χ0n) is 32.5. The van der Waals surface area contributed by atoms with Crippen LogP contribution in [0.25, 0.3) is 0 Å². The molecule has 10 nitrogen and oxygen atoms in total. The molecule has 0 aromatic heterocycles. The van der Waals surface area contributed by atoms with E-state index in [1.165, 1.54) is 0 Å². The van der Waals surface area contributed by atoms with Gasteiger partial charge in [0.2, 0.25) is 0 Å². The molecule has 1 aliphatic carbocycles. The van der Waals surface area contributed by atoms with Gasteiger partial charge in [-0.25, -0.2) is 0 Å². The molecule has 4 aromatic carbocycles. The SMILES string of the molecule is CCOCCOc1c2cccc1Cc1cc(N)cc(c1OCCOCC)Cc1cc(N)cc(c1OCCOCC)Cc1cccc(c1OCCOCC)C2. The highest BCUT2D eigenvalue weighted by Gasteiger charge is 2.23. The number of rotatable bonds is 20.